The van der Waals surface area contributed by atoms with Crippen LogP contribution in [-0.4, -0.2) is 49.1 Å². The van der Waals surface area contributed by atoms with Crippen LogP contribution in [0.25, 0.3) is 0 Å². The van der Waals surface area contributed by atoms with Crippen molar-refractivity contribution >= 4 is 11.9 Å². The Bertz CT molecular complexity index is 253. The van der Waals surface area contributed by atoms with Crippen LogP contribution in [0.5, 0.6) is 0 Å². The number of aliphatic carboxylic acids is 2. The molecule has 0 radical (unpaired) electrons. The van der Waals surface area contributed by atoms with Crippen LogP contribution in [0, 0.1) is 0 Å². The van der Waals surface area contributed by atoms with Crippen molar-refractivity contribution in [3.8, 4) is 0 Å². The summed E-state index contributed by atoms with van der Waals surface area (Å²) in [5, 5.41) is 19.7. The zero-order valence-corrected chi connectivity index (χ0v) is 13.2. The van der Waals surface area contributed by atoms with Gasteiger partial charge < -0.3 is 31.3 Å². The standard InChI is InChI=1S/C6H14N2.C5H9NO4.Pt/c7-5-3-1-2-4-6(5)8;1-6(2-4(7)8)3-5(9)10;/h5-6H,1-4,7-8H2;2-3H2,1H3,(H,7,8)(H,9,10);/q;;+2/p-2. The summed E-state index contributed by atoms with van der Waals surface area (Å²) in [4.78, 5) is 20.7. The molecule has 0 spiro atoms. The van der Waals surface area contributed by atoms with E-state index in [0.29, 0.717) is 0 Å². The van der Waals surface area contributed by atoms with E-state index in [0.717, 1.165) is 17.7 Å². The van der Waals surface area contributed by atoms with E-state index in [9.17, 15) is 19.8 Å². The second-order valence-corrected chi connectivity index (χ2v) is 4.53. The smallest absolute Gasteiger partial charge is 0.549 e. The number of hydrogen-bond donors (Lipinski definition) is 2. The Morgan fingerprint density at radius 2 is 1.37 bits per heavy atom. The van der Waals surface area contributed by atoms with Gasteiger partial charge in [-0.25, -0.2) is 0 Å². The van der Waals surface area contributed by atoms with Gasteiger partial charge >= 0.3 is 21.1 Å². The topological polar surface area (TPSA) is 136 Å². The van der Waals surface area contributed by atoms with Crippen molar-refractivity contribution in [1.82, 2.24) is 4.90 Å². The number of carbonyl (C=O) groups is 2. The van der Waals surface area contributed by atoms with Gasteiger partial charge in [-0.15, -0.1) is 0 Å². The van der Waals surface area contributed by atoms with E-state index in [1.807, 2.05) is 0 Å². The molecule has 0 aromatic heterocycles. The van der Waals surface area contributed by atoms with Crippen molar-refractivity contribution in [3.63, 3.8) is 0 Å². The van der Waals surface area contributed by atoms with Crippen LogP contribution >= 0.6 is 0 Å². The monoisotopic (exact) mass is 454 g/mol. The summed E-state index contributed by atoms with van der Waals surface area (Å²) in [6.45, 7) is -0.790. The van der Waals surface area contributed by atoms with E-state index < -0.39 is 25.0 Å². The molecule has 0 aromatic carbocycles. The molecule has 0 amide bonds. The van der Waals surface area contributed by atoms with Crippen molar-refractivity contribution in [1.29, 1.82) is 0 Å². The summed E-state index contributed by atoms with van der Waals surface area (Å²) in [6, 6.07) is 0.562. The van der Waals surface area contributed by atoms with Crippen LogP contribution < -0.4 is 21.7 Å². The van der Waals surface area contributed by atoms with Gasteiger partial charge in [0.05, 0.1) is 11.9 Å². The third kappa shape index (κ3) is 12.3. The summed E-state index contributed by atoms with van der Waals surface area (Å²) in [5.41, 5.74) is 11.3. The Labute approximate surface area is 127 Å². The van der Waals surface area contributed by atoms with Gasteiger partial charge in [0.1, 0.15) is 0 Å². The Balaban J connectivity index is 0. The maximum Gasteiger partial charge on any atom is 2.00 e. The fraction of sp³-hybridized carbons (Fsp3) is 0.818. The molecular weight excluding hydrogens is 433 g/mol. The number of carbonyl (C=O) groups excluding carboxylic acids is 2. The Kier molecular flexibility index (Phi) is 12.4. The van der Waals surface area contributed by atoms with Crippen LogP contribution in [0.1, 0.15) is 25.7 Å². The van der Waals surface area contributed by atoms with Crippen LogP contribution in [-0.2, 0) is 30.7 Å². The summed E-state index contributed by atoms with van der Waals surface area (Å²) < 4.78 is 0. The Morgan fingerprint density at radius 1 is 1.05 bits per heavy atom. The van der Waals surface area contributed by atoms with E-state index in [-0.39, 0.29) is 33.1 Å². The molecule has 1 rings (SSSR count). The quantitative estimate of drug-likeness (QED) is 0.453. The molecular formula is C11H21N3O4Pt. The molecule has 1 aliphatic carbocycles. The fourth-order valence-corrected chi connectivity index (χ4v) is 1.68. The van der Waals surface area contributed by atoms with Crippen LogP contribution in [0.3, 0.4) is 0 Å². The third-order valence-electron chi connectivity index (χ3n) is 2.67. The van der Waals surface area contributed by atoms with Crippen molar-refractivity contribution in [2.24, 2.45) is 11.5 Å². The summed E-state index contributed by atoms with van der Waals surface area (Å²) in [6.07, 6.45) is 4.80. The van der Waals surface area contributed by atoms with Crippen LogP contribution in [0.2, 0.25) is 0 Å². The molecule has 7 nitrogen and oxygen atoms in total. The molecule has 2 atom stereocenters. The molecule has 0 aliphatic heterocycles. The first kappa shape index (κ1) is 20.8. The molecule has 19 heavy (non-hydrogen) atoms. The second kappa shape index (κ2) is 11.3. The predicted octanol–water partition coefficient (Wildman–Crippen LogP) is -3.37. The number of hydrogen-bond acceptors (Lipinski definition) is 7. The van der Waals surface area contributed by atoms with Gasteiger partial charge in [0.25, 0.3) is 0 Å². The third-order valence-corrected chi connectivity index (χ3v) is 2.67. The van der Waals surface area contributed by atoms with Crippen LogP contribution in [0.4, 0.5) is 0 Å². The molecule has 8 heteroatoms. The van der Waals surface area contributed by atoms with E-state index >= 15 is 0 Å². The normalized spacial score (nSPS) is 21.9. The van der Waals surface area contributed by atoms with Gasteiger partial charge in [0.15, 0.2) is 0 Å². The molecule has 0 heterocycles. The average molecular weight is 454 g/mol. The van der Waals surface area contributed by atoms with Gasteiger partial charge in [-0.2, -0.15) is 0 Å². The Hall–Kier alpha value is -0.492. The van der Waals surface area contributed by atoms with E-state index in [2.05, 4.69) is 0 Å². The molecule has 2 unspecified atom stereocenters. The number of rotatable bonds is 4. The summed E-state index contributed by atoms with van der Waals surface area (Å²) in [5.74, 6) is -2.60. The molecule has 114 valence electrons. The molecule has 0 bridgehead atoms. The maximum atomic E-state index is 9.83. The molecule has 1 fully saturated rings. The molecule has 4 N–H and O–H groups in total. The zero-order chi connectivity index (χ0) is 14.1. The fourth-order valence-electron chi connectivity index (χ4n) is 1.68. The van der Waals surface area contributed by atoms with Gasteiger partial charge in [-0.1, -0.05) is 12.8 Å². The molecule has 0 saturated heterocycles. The number of nitrogens with two attached hydrogens (primary N) is 2. The first-order chi connectivity index (χ1) is 8.32. The number of likely N-dealkylation sites (N-methyl/N-ethyl adjacent to an activating group) is 1. The zero-order valence-electron chi connectivity index (χ0n) is 10.9. The first-order valence-electron chi connectivity index (χ1n) is 5.92. The van der Waals surface area contributed by atoms with E-state index in [1.54, 1.807) is 0 Å². The van der Waals surface area contributed by atoms with Gasteiger partial charge in [-0.05, 0) is 19.9 Å². The van der Waals surface area contributed by atoms with E-state index in [1.165, 1.54) is 19.9 Å². The van der Waals surface area contributed by atoms with Gasteiger partial charge in [0, 0.05) is 25.2 Å². The Morgan fingerprint density at radius 3 is 1.58 bits per heavy atom. The second-order valence-electron chi connectivity index (χ2n) is 4.53. The number of nitrogens with zero attached hydrogens (tertiary/aromatic N) is 1. The molecule has 0 aromatic rings. The molecule has 1 aliphatic rings. The SMILES string of the molecule is CN(CC(=O)[O-])CC(=O)[O-].NC1CCCCC1N.[Pt+2]. The minimum absolute atomic E-state index is 0. The summed E-state index contributed by atoms with van der Waals surface area (Å²) in [7, 11) is 1.35. The van der Waals surface area contributed by atoms with Gasteiger partial charge in [-0.3, -0.25) is 4.90 Å². The number of carboxylic acid groups (broad SMARTS) is 2. The predicted molar refractivity (Wildman–Crippen MR) is 61.9 cm³/mol. The summed E-state index contributed by atoms with van der Waals surface area (Å²) >= 11 is 0. The maximum absolute atomic E-state index is 9.83. The van der Waals surface area contributed by atoms with Crippen molar-refractivity contribution in [2.45, 2.75) is 37.8 Å². The number of carboxylic acids is 2. The van der Waals surface area contributed by atoms with Crippen LogP contribution in [0.15, 0.2) is 0 Å². The minimum atomic E-state index is -1.30. The van der Waals surface area contributed by atoms with E-state index in [4.69, 9.17) is 11.5 Å². The van der Waals surface area contributed by atoms with Crippen molar-refractivity contribution in [3.05, 3.63) is 0 Å². The van der Waals surface area contributed by atoms with Gasteiger partial charge in [0.2, 0.25) is 0 Å². The molecule has 1 saturated carbocycles. The largest absolute Gasteiger partial charge is 2.00 e. The van der Waals surface area contributed by atoms with Crippen molar-refractivity contribution in [2.75, 3.05) is 20.1 Å². The average Bonchev–Trinajstić information content (AvgIpc) is 2.21. The minimum Gasteiger partial charge on any atom is -0.549 e. The van der Waals surface area contributed by atoms with Crippen molar-refractivity contribution < 1.29 is 40.9 Å². The first-order valence-corrected chi connectivity index (χ1v) is 5.92.